The van der Waals surface area contributed by atoms with Crippen LogP contribution < -0.4 is 0 Å². The van der Waals surface area contributed by atoms with Gasteiger partial charge in [-0.05, 0) is 143 Å². The van der Waals surface area contributed by atoms with Crippen LogP contribution in [0.5, 0.6) is 0 Å². The van der Waals surface area contributed by atoms with Gasteiger partial charge in [0.15, 0.2) is 0 Å². The van der Waals surface area contributed by atoms with Gasteiger partial charge in [0.2, 0.25) is 0 Å². The van der Waals surface area contributed by atoms with Crippen LogP contribution in [-0.2, 0) is 0 Å². The number of hydrogen-bond donors (Lipinski definition) is 0. The molecule has 0 amide bonds. The Balaban J connectivity index is -0.0000000877. The van der Waals surface area contributed by atoms with Crippen LogP contribution >= 0.6 is 0 Å². The SMILES string of the molecule is C.C.CC.CC.CC.CC.CC.CC.CC.Cc1ccc(C)cc1.Cc1ccc(C)nc1.Cc1ccc(C)nc1.Cc1ccc(C)nn1.Cc1cnc(C)cn1.Cc1cnc(C)nc1.Cc1cnc(C)nc1. The molecule has 10 nitrogen and oxygen atoms in total. The van der Waals surface area contributed by atoms with Crippen LogP contribution in [0.4, 0.5) is 0 Å². The fraction of sp³-hybridized carbons (Fsp3) is 0.484. The highest BCUT2D eigenvalue weighted by molar-refractivity contribution is 5.19. The molecule has 0 fully saturated rings. The summed E-state index contributed by atoms with van der Waals surface area (Å²) in [6, 6.07) is 20.5. The molecule has 6 heterocycles. The van der Waals surface area contributed by atoms with Crippen molar-refractivity contribution in [3.8, 4) is 0 Å². The summed E-state index contributed by atoms with van der Waals surface area (Å²) in [7, 11) is 0. The van der Waals surface area contributed by atoms with Gasteiger partial charge in [-0.25, -0.2) is 19.9 Å². The van der Waals surface area contributed by atoms with E-state index >= 15 is 0 Å². The zero-order chi connectivity index (χ0) is 55.9. The average Bonchev–Trinajstić information content (AvgIpc) is 3.41. The smallest absolute Gasteiger partial charge is 0.125 e. The van der Waals surface area contributed by atoms with E-state index in [0.717, 1.165) is 56.9 Å². The predicted octanol–water partition coefficient (Wildman–Crippen LogP) is 18.5. The maximum Gasteiger partial charge on any atom is 0.125 e. The molecule has 0 spiro atoms. The maximum atomic E-state index is 4.08. The topological polar surface area (TPSA) is 129 Å². The number of pyridine rings is 2. The van der Waals surface area contributed by atoms with Crippen molar-refractivity contribution in [1.82, 2.24) is 50.1 Å². The second-order valence-electron chi connectivity index (χ2n) is 13.3. The van der Waals surface area contributed by atoms with E-state index < -0.39 is 0 Å². The van der Waals surface area contributed by atoms with Gasteiger partial charge in [-0.1, -0.05) is 159 Å². The largest absolute Gasteiger partial charge is 0.261 e. The summed E-state index contributed by atoms with van der Waals surface area (Å²) in [5.74, 6) is 1.66. The predicted molar refractivity (Wildman–Crippen MR) is 322 cm³/mol. The van der Waals surface area contributed by atoms with Gasteiger partial charge < -0.3 is 0 Å². The lowest BCUT2D eigenvalue weighted by Crippen LogP contribution is -1.86. The van der Waals surface area contributed by atoms with Gasteiger partial charge in [0.1, 0.15) is 11.6 Å². The quantitative estimate of drug-likeness (QED) is 0.145. The highest BCUT2D eigenvalue weighted by atomic mass is 15.1. The molecule has 0 saturated carbocycles. The second-order valence-corrected chi connectivity index (χ2v) is 13.3. The van der Waals surface area contributed by atoms with Crippen molar-refractivity contribution in [2.45, 2.75) is 209 Å². The molecule has 0 bridgehead atoms. The van der Waals surface area contributed by atoms with E-state index in [0.29, 0.717) is 0 Å². The highest BCUT2D eigenvalue weighted by Crippen LogP contribution is 2.00. The van der Waals surface area contributed by atoms with Crippen molar-refractivity contribution >= 4 is 0 Å². The lowest BCUT2D eigenvalue weighted by molar-refractivity contribution is 0.941. The van der Waals surface area contributed by atoms with Gasteiger partial charge in [0.05, 0.1) is 22.8 Å². The van der Waals surface area contributed by atoms with E-state index in [-0.39, 0.29) is 14.9 Å². The number of hydrogen-bond acceptors (Lipinski definition) is 10. The molecule has 7 aromatic rings. The Bertz CT molecular complexity index is 1440. The minimum Gasteiger partial charge on any atom is -0.261 e. The number of nitrogens with zero attached hydrogens (tertiary/aromatic N) is 10. The number of aryl methyl sites for hydroxylation is 14. The molecule has 0 N–H and O–H groups in total. The van der Waals surface area contributed by atoms with E-state index in [9.17, 15) is 0 Å². The van der Waals surface area contributed by atoms with Crippen LogP contribution in [0.3, 0.4) is 0 Å². The first kappa shape index (κ1) is 85.7. The molecule has 10 heteroatoms. The van der Waals surface area contributed by atoms with Crippen molar-refractivity contribution in [2.75, 3.05) is 0 Å². The number of rotatable bonds is 0. The molecule has 0 aliphatic heterocycles. The third-order valence-corrected chi connectivity index (χ3v) is 7.00. The summed E-state index contributed by atoms with van der Waals surface area (Å²) in [6.07, 6.45) is 14.5. The van der Waals surface area contributed by atoms with E-state index in [4.69, 9.17) is 0 Å². The van der Waals surface area contributed by atoms with Crippen LogP contribution in [0.25, 0.3) is 0 Å². The fourth-order valence-electron chi connectivity index (χ4n) is 3.56. The standard InChI is InChI=1S/C8H10.2C7H9N.4C6H8N2.7C2H6.2CH4/c1-7-3-5-8(2)6-4-7;2*1-6-3-4-7(2)8-5-6;1-5-3-8-6(2)4-7-5;2*1-5-3-7-6(2)8-4-5;1-5-3-4-6(2)8-7-5;7*1-2;;/h3-6H,1-2H3;2*3-5H,1-2H3;4*3-4H,1-2H3;7*1-2H3;2*1H4. The zero-order valence-corrected chi connectivity index (χ0v) is 49.9. The Labute approximate surface area is 446 Å². The molecule has 0 unspecified atom stereocenters. The van der Waals surface area contributed by atoms with E-state index in [1.54, 1.807) is 12.4 Å². The molecule has 6 aromatic heterocycles. The van der Waals surface area contributed by atoms with Crippen LogP contribution in [-0.4, -0.2) is 50.1 Å². The second kappa shape index (κ2) is 64.8. The summed E-state index contributed by atoms with van der Waals surface area (Å²) in [5.41, 5.74) is 13.3. The molecule has 408 valence electrons. The molecule has 0 radical (unpaired) electrons. The minimum absolute atomic E-state index is 0. The monoisotopic (exact) mass is 995 g/mol. The molecule has 7 rings (SSSR count). The Morgan fingerprint density at radius 1 is 0.194 bits per heavy atom. The Morgan fingerprint density at radius 3 is 0.556 bits per heavy atom. The van der Waals surface area contributed by atoms with Crippen LogP contribution in [0.2, 0.25) is 0 Å². The molecular weight excluding hydrogens is 885 g/mol. The third kappa shape index (κ3) is 61.9. The fourth-order valence-corrected chi connectivity index (χ4v) is 3.56. The molecule has 72 heavy (non-hydrogen) atoms. The molecular formula is C62H110N10. The van der Waals surface area contributed by atoms with E-state index in [2.05, 4.69) is 100 Å². The van der Waals surface area contributed by atoms with Crippen molar-refractivity contribution in [3.05, 3.63) is 189 Å². The summed E-state index contributed by atoms with van der Waals surface area (Å²) >= 11 is 0. The first-order valence-corrected chi connectivity index (χ1v) is 25.4. The summed E-state index contributed by atoms with van der Waals surface area (Å²) in [5, 5.41) is 7.66. The van der Waals surface area contributed by atoms with Crippen LogP contribution in [0, 0.1) is 96.9 Å². The Hall–Kier alpha value is -6.16. The normalized spacial score (nSPS) is 7.78. The van der Waals surface area contributed by atoms with E-state index in [1.165, 1.54) is 22.3 Å². The number of aromatic nitrogens is 10. The van der Waals surface area contributed by atoms with Crippen molar-refractivity contribution in [2.24, 2.45) is 0 Å². The lowest BCUT2D eigenvalue weighted by atomic mass is 10.2. The lowest BCUT2D eigenvalue weighted by Gasteiger charge is -1.90. The van der Waals surface area contributed by atoms with Gasteiger partial charge >= 0.3 is 0 Å². The first-order chi connectivity index (χ1) is 33.5. The van der Waals surface area contributed by atoms with Crippen molar-refractivity contribution in [1.29, 1.82) is 0 Å². The summed E-state index contributed by atoms with van der Waals surface area (Å²) < 4.78 is 0. The Morgan fingerprint density at radius 2 is 0.389 bits per heavy atom. The third-order valence-electron chi connectivity index (χ3n) is 7.00. The highest BCUT2D eigenvalue weighted by Gasteiger charge is 1.86. The van der Waals surface area contributed by atoms with Crippen LogP contribution in [0.1, 0.15) is 191 Å². The van der Waals surface area contributed by atoms with Gasteiger partial charge in [-0.3, -0.25) is 19.9 Å². The molecule has 1 aromatic carbocycles. The average molecular weight is 996 g/mol. The van der Waals surface area contributed by atoms with Gasteiger partial charge in [-0.2, -0.15) is 10.2 Å². The minimum atomic E-state index is 0. The maximum absolute atomic E-state index is 4.08. The molecule has 0 atom stereocenters. The van der Waals surface area contributed by atoms with Gasteiger partial charge in [-0.15, -0.1) is 0 Å². The summed E-state index contributed by atoms with van der Waals surface area (Å²) in [6.45, 7) is 55.6. The van der Waals surface area contributed by atoms with Crippen molar-refractivity contribution in [3.63, 3.8) is 0 Å². The van der Waals surface area contributed by atoms with Crippen molar-refractivity contribution < 1.29 is 0 Å². The molecule has 0 saturated heterocycles. The van der Waals surface area contributed by atoms with E-state index in [1.807, 2.05) is 241 Å². The summed E-state index contributed by atoms with van der Waals surface area (Å²) in [4.78, 5) is 32.1. The number of benzene rings is 1. The Kier molecular flexibility index (Phi) is 77.2. The first-order valence-electron chi connectivity index (χ1n) is 25.4. The molecule has 0 aliphatic carbocycles. The van der Waals surface area contributed by atoms with Gasteiger partial charge in [0.25, 0.3) is 0 Å². The van der Waals surface area contributed by atoms with Crippen LogP contribution in [0.15, 0.2) is 110 Å². The zero-order valence-electron chi connectivity index (χ0n) is 49.9. The van der Waals surface area contributed by atoms with Gasteiger partial charge in [0, 0.05) is 61.0 Å². The molecule has 0 aliphatic rings.